The maximum Gasteiger partial charge on any atom is 0.0573 e. The zero-order chi connectivity index (χ0) is 53.9. The molecule has 81 heavy (non-hydrogen) atoms. The highest BCUT2D eigenvalue weighted by Crippen LogP contribution is 2.54. The van der Waals surface area contributed by atoms with Crippen LogP contribution in [0, 0.1) is 0 Å². The lowest BCUT2D eigenvalue weighted by Gasteiger charge is -2.36. The average Bonchev–Trinajstić information content (AvgIpc) is 4.15. The molecule has 388 valence electrons. The first-order valence-corrected chi connectivity index (χ1v) is 30.1. The van der Waals surface area contributed by atoms with Gasteiger partial charge in [-0.1, -0.05) is 204 Å². The summed E-state index contributed by atoms with van der Waals surface area (Å²) >= 11 is 1.98. The Morgan fingerprint density at radius 3 is 1.86 bits per heavy atom. The summed E-state index contributed by atoms with van der Waals surface area (Å²) in [7, 11) is 0. The number of rotatable bonds is 6. The van der Waals surface area contributed by atoms with Crippen molar-refractivity contribution in [3.63, 3.8) is 0 Å². The molecule has 1 heterocycles. The first-order valence-electron chi connectivity index (χ1n) is 29.2. The van der Waals surface area contributed by atoms with Crippen molar-refractivity contribution in [1.82, 2.24) is 0 Å². The molecule has 0 bridgehead atoms. The molecule has 12 aromatic rings. The zero-order valence-electron chi connectivity index (χ0n) is 46.2. The third-order valence-electron chi connectivity index (χ3n) is 19.5. The molecule has 2 unspecified atom stereocenters. The van der Waals surface area contributed by atoms with Crippen molar-refractivity contribution in [3.05, 3.63) is 261 Å². The fourth-order valence-corrected chi connectivity index (χ4v) is 16.8. The molecule has 0 spiro atoms. The van der Waals surface area contributed by atoms with Gasteiger partial charge < -0.3 is 9.80 Å². The van der Waals surface area contributed by atoms with Crippen LogP contribution in [-0.2, 0) is 17.3 Å². The van der Waals surface area contributed by atoms with Gasteiger partial charge in [-0.25, -0.2) is 0 Å². The molecule has 5 aliphatic carbocycles. The first-order chi connectivity index (χ1) is 39.7. The lowest BCUT2D eigenvalue weighted by molar-refractivity contribution is 0.644. The molecule has 2 nitrogen and oxygen atoms in total. The Kier molecular flexibility index (Phi) is 10.1. The highest BCUT2D eigenvalue weighted by atomic mass is 32.1. The van der Waals surface area contributed by atoms with Crippen molar-refractivity contribution in [2.45, 2.75) is 76.3 Å². The maximum atomic E-state index is 2.65. The van der Waals surface area contributed by atoms with E-state index in [0.717, 1.165) is 25.7 Å². The summed E-state index contributed by atoms with van der Waals surface area (Å²) in [5.41, 5.74) is 18.6. The summed E-state index contributed by atoms with van der Waals surface area (Å²) < 4.78 is 2.71. The molecule has 3 heteroatoms. The van der Waals surface area contributed by atoms with E-state index in [1.54, 1.807) is 0 Å². The van der Waals surface area contributed by atoms with E-state index in [9.17, 15) is 0 Å². The molecule has 0 saturated carbocycles. The SMILES string of the molecule is CC1(C)C2=CC(N(c3ccc4c(ccc5ccccc54)c3)c3ccc4c(c3)c3ccccc3c3c5c(sc43)=CC(N(c3ccc4c(c3)C(C)(C)c3ccccc3-4)c3ccc4c6c(ccc4c3)CCC=C6)CC=5)CC=C2c2ccccc21. The molecule has 2 atom stereocenters. The van der Waals surface area contributed by atoms with E-state index in [2.05, 4.69) is 268 Å². The number of fused-ring (bicyclic) bond motifs is 20. The van der Waals surface area contributed by atoms with E-state index in [1.807, 2.05) is 11.3 Å². The molecule has 17 rings (SSSR count). The molecule has 0 radical (unpaired) electrons. The van der Waals surface area contributed by atoms with Gasteiger partial charge in [0.1, 0.15) is 0 Å². The Balaban J connectivity index is 0.830. The van der Waals surface area contributed by atoms with Crippen LogP contribution in [0.15, 0.2) is 218 Å². The molecule has 0 amide bonds. The molecule has 11 aromatic carbocycles. The summed E-state index contributed by atoms with van der Waals surface area (Å²) in [5.74, 6) is 0. The van der Waals surface area contributed by atoms with E-state index in [4.69, 9.17) is 0 Å². The van der Waals surface area contributed by atoms with Crippen molar-refractivity contribution in [3.8, 4) is 11.1 Å². The van der Waals surface area contributed by atoms with Crippen molar-refractivity contribution < 1.29 is 0 Å². The van der Waals surface area contributed by atoms with E-state index < -0.39 is 0 Å². The second-order valence-electron chi connectivity index (χ2n) is 24.5. The maximum absolute atomic E-state index is 2.65. The van der Waals surface area contributed by atoms with Gasteiger partial charge in [-0.2, -0.15) is 0 Å². The third kappa shape index (κ3) is 6.92. The van der Waals surface area contributed by atoms with Gasteiger partial charge in [0.15, 0.2) is 0 Å². The number of anilines is 4. The minimum absolute atomic E-state index is 0.0972. The van der Waals surface area contributed by atoms with Gasteiger partial charge in [0, 0.05) is 53.6 Å². The Hall–Kier alpha value is -8.76. The molecule has 1 aromatic heterocycles. The summed E-state index contributed by atoms with van der Waals surface area (Å²) in [6, 6.07) is 74.7. The molecule has 5 aliphatic rings. The van der Waals surface area contributed by atoms with E-state index in [1.165, 1.54) is 152 Å². The van der Waals surface area contributed by atoms with E-state index in [0.29, 0.717) is 0 Å². The molecular formula is C78H60N2S. The predicted molar refractivity (Wildman–Crippen MR) is 348 cm³/mol. The topological polar surface area (TPSA) is 6.48 Å². The van der Waals surface area contributed by atoms with Crippen LogP contribution < -0.4 is 19.6 Å². The summed E-state index contributed by atoms with van der Waals surface area (Å²) in [4.78, 5) is 5.29. The lowest BCUT2D eigenvalue weighted by Crippen LogP contribution is -2.36. The molecule has 0 N–H and O–H groups in total. The van der Waals surface area contributed by atoms with E-state index >= 15 is 0 Å². The zero-order valence-corrected chi connectivity index (χ0v) is 47.0. The van der Waals surface area contributed by atoms with Crippen molar-refractivity contribution >= 4 is 122 Å². The Morgan fingerprint density at radius 2 is 1.04 bits per heavy atom. The minimum atomic E-state index is -0.110. The van der Waals surface area contributed by atoms with Crippen LogP contribution in [0.2, 0.25) is 0 Å². The normalized spacial score (nSPS) is 17.9. The van der Waals surface area contributed by atoms with Crippen molar-refractivity contribution in [1.29, 1.82) is 0 Å². The summed E-state index contributed by atoms with van der Waals surface area (Å²) in [6.07, 6.45) is 19.0. The highest BCUT2D eigenvalue weighted by molar-refractivity contribution is 7.18. The van der Waals surface area contributed by atoms with Crippen LogP contribution in [0.4, 0.5) is 22.7 Å². The standard InChI is InChI=1S/C78H60N2S/c1-77(2)70-23-13-11-20-62(70)64-37-31-54(44-72(64)77)79(51-29-35-59-49(41-51)27-25-47-15-5-7-17-57(47)59)53-33-39-67-69(43-53)61-19-9-10-22-66(61)75-68-40-34-56(46-74(68)81-76(67)75)80(52-30-36-60-50(42-52)28-26-48-16-6-8-18-58(48)60)55-32-38-65-63-21-12-14-24-71(63)78(3,4)73(65)45-55/h5,7-15,17-30,32-33,35-46,54,56H,6,16,31,34H2,1-4H3. The van der Waals surface area contributed by atoms with Gasteiger partial charge in [-0.15, -0.1) is 11.3 Å². The minimum Gasteiger partial charge on any atom is -0.334 e. The van der Waals surface area contributed by atoms with Crippen LogP contribution in [0.5, 0.6) is 0 Å². The number of hydrogen-bond donors (Lipinski definition) is 0. The number of aryl methyl sites for hydroxylation is 1. The van der Waals surface area contributed by atoms with Crippen molar-refractivity contribution in [2.75, 3.05) is 9.80 Å². The largest absolute Gasteiger partial charge is 0.334 e. The summed E-state index contributed by atoms with van der Waals surface area (Å²) in [5, 5.41) is 15.7. The molecule has 0 saturated heterocycles. The van der Waals surface area contributed by atoms with Crippen LogP contribution in [-0.4, -0.2) is 12.1 Å². The van der Waals surface area contributed by atoms with Crippen molar-refractivity contribution in [2.24, 2.45) is 0 Å². The number of nitrogens with zero attached hydrogens (tertiary/aromatic N) is 2. The second kappa shape index (κ2) is 17.4. The highest BCUT2D eigenvalue weighted by Gasteiger charge is 2.41. The lowest BCUT2D eigenvalue weighted by atomic mass is 9.79. The van der Waals surface area contributed by atoms with Crippen LogP contribution in [0.25, 0.3) is 98.9 Å². The van der Waals surface area contributed by atoms with Gasteiger partial charge in [0.05, 0.1) is 12.1 Å². The number of hydrogen-bond acceptors (Lipinski definition) is 3. The van der Waals surface area contributed by atoms with Crippen LogP contribution >= 0.6 is 11.3 Å². The smallest absolute Gasteiger partial charge is 0.0573 e. The summed E-state index contributed by atoms with van der Waals surface area (Å²) in [6.45, 7) is 9.62. The van der Waals surface area contributed by atoms with Gasteiger partial charge in [-0.05, 0) is 190 Å². The fourth-order valence-electron chi connectivity index (χ4n) is 15.5. The molecule has 0 fully saturated rings. The van der Waals surface area contributed by atoms with Gasteiger partial charge in [0.2, 0.25) is 0 Å². The fraction of sp³-hybridized carbons (Fsp3) is 0.154. The van der Waals surface area contributed by atoms with Gasteiger partial charge in [0.25, 0.3) is 0 Å². The number of benzene rings is 11. The van der Waals surface area contributed by atoms with Crippen LogP contribution in [0.3, 0.4) is 0 Å². The predicted octanol–water partition coefficient (Wildman–Crippen LogP) is 19.3. The average molecular weight is 1060 g/mol. The quantitative estimate of drug-likeness (QED) is 0.153. The third-order valence-corrected chi connectivity index (χ3v) is 20.7. The second-order valence-corrected chi connectivity index (χ2v) is 25.6. The molecular weight excluding hydrogens is 997 g/mol. The molecule has 0 aliphatic heterocycles. The Labute approximate surface area is 477 Å². The van der Waals surface area contributed by atoms with Crippen LogP contribution in [0.1, 0.15) is 80.3 Å². The number of thiophene rings is 1. The van der Waals surface area contributed by atoms with E-state index in [-0.39, 0.29) is 22.9 Å². The van der Waals surface area contributed by atoms with Gasteiger partial charge >= 0.3 is 0 Å². The monoisotopic (exact) mass is 1060 g/mol. The Morgan fingerprint density at radius 1 is 0.444 bits per heavy atom. The first kappa shape index (κ1) is 47.1. The van der Waals surface area contributed by atoms with Gasteiger partial charge in [-0.3, -0.25) is 0 Å². The number of allylic oxidation sites excluding steroid dienone is 3. The Bertz CT molecular complexity index is 4980.